The van der Waals surface area contributed by atoms with E-state index in [2.05, 4.69) is 37.2 Å². The Kier molecular flexibility index (Phi) is 6.52. The second-order valence-electron chi connectivity index (χ2n) is 8.79. The van der Waals surface area contributed by atoms with E-state index in [1.807, 2.05) is 12.1 Å². The van der Waals surface area contributed by atoms with Crippen LogP contribution in [0.3, 0.4) is 0 Å². The van der Waals surface area contributed by atoms with Gasteiger partial charge < -0.3 is 16.0 Å². The van der Waals surface area contributed by atoms with Crippen LogP contribution in [-0.4, -0.2) is 47.4 Å². The molecular formula is C23H31BrN4O. The molecule has 6 heteroatoms. The average Bonchev–Trinajstić information content (AvgIpc) is 2.69. The molecule has 0 radical (unpaired) electrons. The molecule has 1 aliphatic carbocycles. The summed E-state index contributed by atoms with van der Waals surface area (Å²) in [6, 6.07) is 6.80. The molecule has 2 aromatic rings. The van der Waals surface area contributed by atoms with Crippen molar-refractivity contribution in [3.63, 3.8) is 0 Å². The van der Waals surface area contributed by atoms with E-state index >= 15 is 0 Å². The third-order valence-corrected chi connectivity index (χ3v) is 6.96. The van der Waals surface area contributed by atoms with Gasteiger partial charge in [-0.15, -0.1) is 0 Å². The Morgan fingerprint density at radius 1 is 1.28 bits per heavy atom. The van der Waals surface area contributed by atoms with E-state index in [9.17, 15) is 4.79 Å². The topological polar surface area (TPSA) is 71.2 Å². The number of benzene rings is 1. The SMILES string of the molecule is CC(=O)c1cnc2ccc(Br)cc2c1NC1CCC(CN2CCCC(N)C2)CC1. The number of piperidine rings is 1. The number of nitrogens with zero attached hydrogens (tertiary/aromatic N) is 2. The van der Waals surface area contributed by atoms with Gasteiger partial charge in [-0.3, -0.25) is 9.78 Å². The highest BCUT2D eigenvalue weighted by Gasteiger charge is 2.26. The van der Waals surface area contributed by atoms with Crippen molar-refractivity contribution in [3.05, 3.63) is 34.4 Å². The molecular weight excluding hydrogens is 428 g/mol. The second kappa shape index (κ2) is 9.11. The van der Waals surface area contributed by atoms with Gasteiger partial charge in [0.05, 0.1) is 16.8 Å². The molecule has 4 rings (SSSR count). The quantitative estimate of drug-likeness (QED) is 0.640. The third-order valence-electron chi connectivity index (χ3n) is 6.46. The van der Waals surface area contributed by atoms with Crippen molar-refractivity contribution < 1.29 is 4.79 Å². The molecule has 3 N–H and O–H groups in total. The van der Waals surface area contributed by atoms with Crippen molar-refractivity contribution in [1.82, 2.24) is 9.88 Å². The molecule has 1 aromatic carbocycles. The minimum absolute atomic E-state index is 0.0528. The van der Waals surface area contributed by atoms with Gasteiger partial charge in [-0.2, -0.15) is 0 Å². The monoisotopic (exact) mass is 458 g/mol. The van der Waals surface area contributed by atoms with Gasteiger partial charge in [-0.1, -0.05) is 15.9 Å². The fourth-order valence-electron chi connectivity index (χ4n) is 4.90. The molecule has 1 aliphatic heterocycles. The second-order valence-corrected chi connectivity index (χ2v) is 9.70. The number of nitrogens with one attached hydrogen (secondary N) is 1. The highest BCUT2D eigenvalue weighted by Crippen LogP contribution is 2.33. The number of nitrogens with two attached hydrogens (primary N) is 1. The van der Waals surface area contributed by atoms with Crippen LogP contribution in [0.2, 0.25) is 0 Å². The van der Waals surface area contributed by atoms with Crippen LogP contribution in [0.15, 0.2) is 28.9 Å². The molecule has 29 heavy (non-hydrogen) atoms. The van der Waals surface area contributed by atoms with E-state index in [-0.39, 0.29) is 5.78 Å². The van der Waals surface area contributed by atoms with E-state index in [0.717, 1.165) is 46.4 Å². The molecule has 156 valence electrons. The number of anilines is 1. The van der Waals surface area contributed by atoms with Gasteiger partial charge in [0.15, 0.2) is 5.78 Å². The number of hydrogen-bond acceptors (Lipinski definition) is 5. The summed E-state index contributed by atoms with van der Waals surface area (Å²) in [5.74, 6) is 0.811. The van der Waals surface area contributed by atoms with Crippen LogP contribution in [0, 0.1) is 5.92 Å². The van der Waals surface area contributed by atoms with E-state index in [4.69, 9.17) is 5.73 Å². The molecule has 1 saturated heterocycles. The van der Waals surface area contributed by atoms with Crippen LogP contribution in [0.5, 0.6) is 0 Å². The third kappa shape index (κ3) is 4.98. The molecule has 0 amide bonds. The Bertz CT molecular complexity index is 879. The summed E-state index contributed by atoms with van der Waals surface area (Å²) in [6.07, 6.45) is 8.85. The van der Waals surface area contributed by atoms with Crippen molar-refractivity contribution in [3.8, 4) is 0 Å². The first-order chi connectivity index (χ1) is 14.0. The Morgan fingerprint density at radius 3 is 2.79 bits per heavy atom. The van der Waals surface area contributed by atoms with Crippen molar-refractivity contribution >= 4 is 38.3 Å². The normalized spacial score (nSPS) is 25.8. The van der Waals surface area contributed by atoms with Crippen molar-refractivity contribution in [1.29, 1.82) is 0 Å². The van der Waals surface area contributed by atoms with Crippen LogP contribution in [-0.2, 0) is 0 Å². The Morgan fingerprint density at radius 2 is 2.07 bits per heavy atom. The lowest BCUT2D eigenvalue weighted by Crippen LogP contribution is -2.45. The first-order valence-electron chi connectivity index (χ1n) is 10.8. The predicted octanol–water partition coefficient (Wildman–Crippen LogP) is 4.59. The summed E-state index contributed by atoms with van der Waals surface area (Å²) < 4.78 is 0.999. The average molecular weight is 459 g/mol. The van der Waals surface area contributed by atoms with E-state index < -0.39 is 0 Å². The summed E-state index contributed by atoms with van der Waals surface area (Å²) in [4.78, 5) is 19.3. The maximum atomic E-state index is 12.2. The number of likely N-dealkylation sites (tertiary alicyclic amines) is 1. The number of ketones is 1. The van der Waals surface area contributed by atoms with Gasteiger partial charge in [0.25, 0.3) is 0 Å². The van der Waals surface area contributed by atoms with Crippen LogP contribution < -0.4 is 11.1 Å². The summed E-state index contributed by atoms with van der Waals surface area (Å²) >= 11 is 3.56. The standard InChI is InChI=1S/C23H31BrN4O/c1-15(29)21-12-26-22-9-6-17(24)11-20(22)23(21)27-19-7-4-16(5-8-19)13-28-10-2-3-18(25)14-28/h6,9,11-12,16,18-19H,2-5,7-8,10,13-14,25H2,1H3,(H,26,27). The molecule has 1 saturated carbocycles. The fraction of sp³-hybridized carbons (Fsp3) is 0.565. The number of pyridine rings is 1. The molecule has 2 fully saturated rings. The van der Waals surface area contributed by atoms with E-state index in [1.165, 1.54) is 38.8 Å². The van der Waals surface area contributed by atoms with Gasteiger partial charge in [0, 0.05) is 41.2 Å². The molecule has 5 nitrogen and oxygen atoms in total. The van der Waals surface area contributed by atoms with Gasteiger partial charge >= 0.3 is 0 Å². The minimum Gasteiger partial charge on any atom is -0.381 e. The molecule has 1 atom stereocenters. The predicted molar refractivity (Wildman–Crippen MR) is 122 cm³/mol. The van der Waals surface area contributed by atoms with Crippen molar-refractivity contribution in [2.24, 2.45) is 11.7 Å². The zero-order chi connectivity index (χ0) is 20.4. The van der Waals surface area contributed by atoms with Crippen LogP contribution >= 0.6 is 15.9 Å². The Labute approximate surface area is 181 Å². The van der Waals surface area contributed by atoms with Crippen molar-refractivity contribution in [2.75, 3.05) is 25.0 Å². The summed E-state index contributed by atoms with van der Waals surface area (Å²) in [7, 11) is 0. The molecule has 2 heterocycles. The number of hydrogen-bond donors (Lipinski definition) is 2. The summed E-state index contributed by atoms with van der Waals surface area (Å²) in [5.41, 5.74) is 8.68. The minimum atomic E-state index is 0.0528. The van der Waals surface area contributed by atoms with Gasteiger partial charge in [0.1, 0.15) is 0 Å². The molecule has 0 spiro atoms. The van der Waals surface area contributed by atoms with Gasteiger partial charge in [-0.05, 0) is 76.1 Å². The number of halogens is 1. The number of Topliss-reactive ketones (excluding diaryl/α,β-unsaturated/α-hetero) is 1. The Balaban J connectivity index is 1.44. The smallest absolute Gasteiger partial charge is 0.163 e. The highest BCUT2D eigenvalue weighted by atomic mass is 79.9. The molecule has 1 aromatic heterocycles. The van der Waals surface area contributed by atoms with Crippen molar-refractivity contribution in [2.45, 2.75) is 57.5 Å². The molecule has 1 unspecified atom stereocenters. The lowest BCUT2D eigenvalue weighted by molar-refractivity contribution is 0.101. The lowest BCUT2D eigenvalue weighted by atomic mass is 9.85. The van der Waals surface area contributed by atoms with Gasteiger partial charge in [0.2, 0.25) is 0 Å². The number of fused-ring (bicyclic) bond motifs is 1. The van der Waals surface area contributed by atoms with Crippen LogP contribution in [0.4, 0.5) is 5.69 Å². The zero-order valence-electron chi connectivity index (χ0n) is 17.2. The maximum absolute atomic E-state index is 12.2. The van der Waals surface area contributed by atoms with Crippen LogP contribution in [0.1, 0.15) is 55.8 Å². The number of rotatable bonds is 5. The highest BCUT2D eigenvalue weighted by molar-refractivity contribution is 9.10. The summed E-state index contributed by atoms with van der Waals surface area (Å²) in [5, 5.41) is 4.73. The number of carbonyl (C=O) groups excluding carboxylic acids is 1. The zero-order valence-corrected chi connectivity index (χ0v) is 18.7. The maximum Gasteiger partial charge on any atom is 0.163 e. The van der Waals surface area contributed by atoms with Gasteiger partial charge in [-0.25, -0.2) is 0 Å². The molecule has 2 aliphatic rings. The first-order valence-corrected chi connectivity index (χ1v) is 11.6. The first kappa shape index (κ1) is 20.8. The summed E-state index contributed by atoms with van der Waals surface area (Å²) in [6.45, 7) is 5.06. The Hall–Kier alpha value is -1.50. The fourth-order valence-corrected chi connectivity index (χ4v) is 5.26. The molecule has 0 bridgehead atoms. The lowest BCUT2D eigenvalue weighted by Gasteiger charge is -2.36. The largest absolute Gasteiger partial charge is 0.381 e. The number of aromatic nitrogens is 1. The number of carbonyl (C=O) groups is 1. The van der Waals surface area contributed by atoms with E-state index in [1.54, 1.807) is 13.1 Å². The van der Waals surface area contributed by atoms with E-state index in [0.29, 0.717) is 17.6 Å². The van der Waals surface area contributed by atoms with Crippen LogP contribution in [0.25, 0.3) is 10.9 Å².